The quantitative estimate of drug-likeness (QED) is 0.586. The maximum atomic E-state index is 12.1. The van der Waals surface area contributed by atoms with E-state index in [4.69, 9.17) is 5.02 Å². The van der Waals surface area contributed by atoms with Gasteiger partial charge in [0.25, 0.3) is 0 Å². The van der Waals surface area contributed by atoms with Gasteiger partial charge in [0.2, 0.25) is 0 Å². The van der Waals surface area contributed by atoms with Crippen LogP contribution in [0.15, 0.2) is 24.3 Å². The molecule has 0 unspecified atom stereocenters. The number of benzene rings is 1. The van der Waals surface area contributed by atoms with Crippen LogP contribution in [-0.4, -0.2) is 12.1 Å². The molecule has 0 aliphatic heterocycles. The molecule has 14 heavy (non-hydrogen) atoms. The van der Waals surface area contributed by atoms with Crippen molar-refractivity contribution in [1.82, 2.24) is 0 Å². The normalized spacial score (nSPS) is 11.5. The van der Waals surface area contributed by atoms with Crippen LogP contribution in [0.5, 0.6) is 0 Å². The van der Waals surface area contributed by atoms with Crippen molar-refractivity contribution in [1.29, 1.82) is 0 Å². The summed E-state index contributed by atoms with van der Waals surface area (Å²) in [6.07, 6.45) is -4.52. The van der Waals surface area contributed by atoms with Crippen molar-refractivity contribution in [3.8, 4) is 0 Å². The molecule has 1 rings (SSSR count). The summed E-state index contributed by atoms with van der Waals surface area (Å²) in [6, 6.07) is 3.61. The van der Waals surface area contributed by atoms with Gasteiger partial charge in [-0.3, -0.25) is 0 Å². The molecule has 1 N–H and O–H groups in total. The minimum absolute atomic E-state index is 0.290. The first-order valence-electron chi connectivity index (χ1n) is 3.58. The average molecular weight is 208 g/mol. The lowest BCUT2D eigenvalue weighted by Crippen LogP contribution is -2.31. The van der Waals surface area contributed by atoms with Crippen LogP contribution in [0.3, 0.4) is 0 Å². The molecule has 0 saturated heterocycles. The fourth-order valence-electron chi connectivity index (χ4n) is 0.920. The van der Waals surface area contributed by atoms with E-state index < -0.39 is 18.9 Å². The lowest BCUT2D eigenvalue weighted by atomic mass is 9.79. The molecule has 0 atom stereocenters. The molecule has 0 aliphatic rings. The molecule has 76 valence electrons. The zero-order chi connectivity index (χ0) is 10.8. The highest BCUT2D eigenvalue weighted by Gasteiger charge is 2.31. The molecule has 1 aromatic carbocycles. The minimum atomic E-state index is -4.52. The van der Waals surface area contributed by atoms with Crippen molar-refractivity contribution in [2.45, 2.75) is 6.18 Å². The molecular formula is C7H5BF4O2. The van der Waals surface area contributed by atoms with Gasteiger partial charge in [0.15, 0.2) is 0 Å². The van der Waals surface area contributed by atoms with Gasteiger partial charge >= 0.3 is 13.3 Å². The Hall–Kier alpha value is -1.08. The first kappa shape index (κ1) is 11.0. The third-order valence-corrected chi connectivity index (χ3v) is 1.58. The van der Waals surface area contributed by atoms with Gasteiger partial charge in [-0.05, 0) is 5.46 Å². The molecule has 7 heteroatoms. The summed E-state index contributed by atoms with van der Waals surface area (Å²) in [5.41, 5.74) is -1.26. The van der Waals surface area contributed by atoms with Gasteiger partial charge in [-0.15, -0.1) is 0 Å². The summed E-state index contributed by atoms with van der Waals surface area (Å²) in [6.45, 7) is 0. The van der Waals surface area contributed by atoms with Gasteiger partial charge in [0, 0.05) is 0 Å². The van der Waals surface area contributed by atoms with E-state index in [1.54, 1.807) is 0 Å². The first-order valence-corrected chi connectivity index (χ1v) is 3.58. The molecule has 0 heterocycles. The van der Waals surface area contributed by atoms with Crippen LogP contribution in [0, 0.1) is 0 Å². The van der Waals surface area contributed by atoms with Crippen LogP contribution in [0.1, 0.15) is 5.56 Å². The molecule has 0 fully saturated rings. The monoisotopic (exact) mass is 208 g/mol. The number of rotatable bonds is 2. The number of hydrogen-bond donors (Lipinski definition) is 1. The maximum Gasteiger partial charge on any atom is 0.529 e. The number of hydrogen-bond acceptors (Lipinski definition) is 2. The fourth-order valence-corrected chi connectivity index (χ4v) is 0.920. The van der Waals surface area contributed by atoms with E-state index >= 15 is 0 Å². The molecule has 2 nitrogen and oxygen atoms in total. The SMILES string of the molecule is OB(OF)c1cccc(C(F)(F)F)c1. The van der Waals surface area contributed by atoms with E-state index in [9.17, 15) is 17.7 Å². The van der Waals surface area contributed by atoms with Gasteiger partial charge in [-0.25, -0.2) is 4.86 Å². The van der Waals surface area contributed by atoms with Gasteiger partial charge in [-0.2, -0.15) is 13.2 Å². The minimum Gasteiger partial charge on any atom is -0.421 e. The first-order chi connectivity index (χ1) is 6.45. The topological polar surface area (TPSA) is 29.5 Å². The standard InChI is InChI=1S/C7H5BF4O2/c9-7(10,11)5-2-1-3-6(4-5)8(13)14-12/h1-4,13H. The third kappa shape index (κ3) is 2.46. The van der Waals surface area contributed by atoms with E-state index in [0.717, 1.165) is 18.2 Å². The molecule has 0 aromatic heterocycles. The number of alkyl halides is 3. The Labute approximate surface area is 77.2 Å². The highest BCUT2D eigenvalue weighted by atomic mass is 19.4. The van der Waals surface area contributed by atoms with Crippen molar-refractivity contribution in [2.75, 3.05) is 0 Å². The van der Waals surface area contributed by atoms with E-state index in [-0.39, 0.29) is 5.46 Å². The highest BCUT2D eigenvalue weighted by Crippen LogP contribution is 2.28. The summed E-state index contributed by atoms with van der Waals surface area (Å²) in [5, 5.41) is 8.75. The second kappa shape index (κ2) is 3.97. The molecule has 0 spiro atoms. The van der Waals surface area contributed by atoms with Gasteiger partial charge < -0.3 is 5.02 Å². The second-order valence-electron chi connectivity index (χ2n) is 2.56. The Morgan fingerprint density at radius 1 is 1.29 bits per heavy atom. The average Bonchev–Trinajstić information content (AvgIpc) is 2.15. The molecule has 0 aliphatic carbocycles. The van der Waals surface area contributed by atoms with Crippen LogP contribution in [-0.2, 0) is 11.0 Å². The smallest absolute Gasteiger partial charge is 0.421 e. The summed E-state index contributed by atoms with van der Waals surface area (Å²) in [4.78, 5) is 2.99. The summed E-state index contributed by atoms with van der Waals surface area (Å²) >= 11 is 0. The molecule has 1 aromatic rings. The Bertz CT molecular complexity index is 315. The van der Waals surface area contributed by atoms with Crippen molar-refractivity contribution in [3.05, 3.63) is 29.8 Å². The van der Waals surface area contributed by atoms with Gasteiger partial charge in [0.1, 0.15) is 0 Å². The van der Waals surface area contributed by atoms with Crippen LogP contribution in [0.4, 0.5) is 17.7 Å². The molecular weight excluding hydrogens is 203 g/mol. The van der Waals surface area contributed by atoms with Crippen molar-refractivity contribution in [2.24, 2.45) is 0 Å². The van der Waals surface area contributed by atoms with E-state index in [1.165, 1.54) is 0 Å². The van der Waals surface area contributed by atoms with Crippen LogP contribution in [0.2, 0.25) is 0 Å². The summed E-state index contributed by atoms with van der Waals surface area (Å²) in [5.74, 6) is 0. The van der Waals surface area contributed by atoms with Crippen LogP contribution >= 0.6 is 0 Å². The Balaban J connectivity index is 3.01. The van der Waals surface area contributed by atoms with E-state index in [0.29, 0.717) is 6.07 Å². The Morgan fingerprint density at radius 3 is 2.43 bits per heavy atom. The zero-order valence-electron chi connectivity index (χ0n) is 6.75. The van der Waals surface area contributed by atoms with Gasteiger partial charge in [-0.1, -0.05) is 28.8 Å². The Kier molecular flexibility index (Phi) is 3.12. The molecule has 0 saturated carbocycles. The van der Waals surface area contributed by atoms with Crippen LogP contribution in [0.25, 0.3) is 0 Å². The zero-order valence-corrected chi connectivity index (χ0v) is 6.75. The highest BCUT2D eigenvalue weighted by molar-refractivity contribution is 6.59. The van der Waals surface area contributed by atoms with Crippen LogP contribution < -0.4 is 5.46 Å². The van der Waals surface area contributed by atoms with Crippen molar-refractivity contribution >= 4 is 12.6 Å². The molecule has 0 amide bonds. The predicted octanol–water partition coefficient (Wildman–Crippen LogP) is 1.29. The Morgan fingerprint density at radius 2 is 1.93 bits per heavy atom. The fraction of sp³-hybridized carbons (Fsp3) is 0.143. The predicted molar refractivity (Wildman–Crippen MR) is 41.2 cm³/mol. The van der Waals surface area contributed by atoms with Gasteiger partial charge in [0.05, 0.1) is 5.56 Å². The summed E-state index contributed by atoms with van der Waals surface area (Å²) in [7, 11) is -1.99. The summed E-state index contributed by atoms with van der Waals surface area (Å²) < 4.78 is 47.8. The van der Waals surface area contributed by atoms with E-state index in [2.05, 4.69) is 4.86 Å². The molecule has 0 radical (unpaired) electrons. The second-order valence-corrected chi connectivity index (χ2v) is 2.56. The maximum absolute atomic E-state index is 12.1. The third-order valence-electron chi connectivity index (χ3n) is 1.58. The van der Waals surface area contributed by atoms with E-state index in [1.807, 2.05) is 0 Å². The number of halogens is 4. The van der Waals surface area contributed by atoms with Crippen molar-refractivity contribution in [3.63, 3.8) is 0 Å². The largest absolute Gasteiger partial charge is 0.529 e. The molecule has 0 bridgehead atoms. The lowest BCUT2D eigenvalue weighted by molar-refractivity contribution is -0.137. The van der Waals surface area contributed by atoms with Crippen molar-refractivity contribution < 1.29 is 27.6 Å². The lowest BCUT2D eigenvalue weighted by Gasteiger charge is -2.08.